The normalized spacial score (nSPS) is 11.7. The van der Waals surface area contributed by atoms with Crippen molar-refractivity contribution in [2.75, 3.05) is 0 Å². The van der Waals surface area contributed by atoms with Crippen molar-refractivity contribution in [2.24, 2.45) is 0 Å². The Morgan fingerprint density at radius 1 is 0.233 bits per heavy atom. The van der Waals surface area contributed by atoms with E-state index >= 15 is 0 Å². The predicted octanol–water partition coefficient (Wildman–Crippen LogP) is 22.6. The molecule has 0 aliphatic heterocycles. The van der Waals surface area contributed by atoms with Gasteiger partial charge in [0.25, 0.3) is 0 Å². The van der Waals surface area contributed by atoms with Crippen LogP contribution in [0.3, 0.4) is 0 Å². The molecule has 0 N–H and O–H groups in total. The predicted molar refractivity (Wildman–Crippen MR) is 367 cm³/mol. The maximum absolute atomic E-state index is 4.88. The minimum Gasteiger partial charge on any atom is -0.244 e. The van der Waals surface area contributed by atoms with Gasteiger partial charge in [-0.05, 0) is 130 Å². The molecule has 0 unspecified atom stereocenters. The Bertz CT molecular complexity index is 5620. The fraction of sp³-hybridized carbons (Fsp3) is 0. The SMILES string of the molecule is c1cc(-c2cccc(-c3cccc4c3sc3ccccc34)c2)cc(-c2ccc3c4ccccc4c4cncnc4c3c2)c1.c1cc(-c2cccc(-c3ncnc4c5ccccc5c5ccccc5c34)c2)cc(-c2cccc3c2sc2ccccc23)c1. The van der Waals surface area contributed by atoms with Crippen LogP contribution in [0.4, 0.5) is 0 Å². The first-order valence-electron chi connectivity index (χ1n) is 29.0. The molecule has 14 aromatic carbocycles. The minimum absolute atomic E-state index is 0.958. The van der Waals surface area contributed by atoms with Gasteiger partial charge in [-0.1, -0.05) is 231 Å². The van der Waals surface area contributed by atoms with Crippen molar-refractivity contribution in [3.05, 3.63) is 292 Å². The van der Waals surface area contributed by atoms with Crippen molar-refractivity contribution in [1.29, 1.82) is 0 Å². The average molecular weight is 1130 g/mol. The van der Waals surface area contributed by atoms with Gasteiger partial charge in [-0.2, -0.15) is 0 Å². The van der Waals surface area contributed by atoms with Crippen molar-refractivity contribution in [2.45, 2.75) is 0 Å². The number of thiophene rings is 2. The van der Waals surface area contributed by atoms with Gasteiger partial charge in [0, 0.05) is 73.6 Å². The first-order chi connectivity index (χ1) is 42.6. The lowest BCUT2D eigenvalue weighted by atomic mass is 9.93. The Labute approximate surface area is 503 Å². The van der Waals surface area contributed by atoms with Crippen LogP contribution in [0.5, 0.6) is 0 Å². The summed E-state index contributed by atoms with van der Waals surface area (Å²) in [6.45, 7) is 0. The van der Waals surface area contributed by atoms with Crippen molar-refractivity contribution < 1.29 is 0 Å². The molecule has 0 fully saturated rings. The molecule has 0 atom stereocenters. The van der Waals surface area contributed by atoms with Crippen LogP contribution >= 0.6 is 22.7 Å². The Kier molecular flexibility index (Phi) is 11.9. The fourth-order valence-corrected chi connectivity index (χ4v) is 15.7. The summed E-state index contributed by atoms with van der Waals surface area (Å²) in [5, 5.41) is 17.0. The molecule has 18 rings (SSSR count). The van der Waals surface area contributed by atoms with E-state index in [1.807, 2.05) is 28.9 Å². The largest absolute Gasteiger partial charge is 0.244 e. The van der Waals surface area contributed by atoms with Crippen molar-refractivity contribution >= 4 is 128 Å². The highest BCUT2D eigenvalue weighted by molar-refractivity contribution is 7.26. The smallest absolute Gasteiger partial charge is 0.116 e. The van der Waals surface area contributed by atoms with Gasteiger partial charge in [-0.3, -0.25) is 0 Å². The Balaban J connectivity index is 0.000000134. The van der Waals surface area contributed by atoms with Gasteiger partial charge in [-0.25, -0.2) is 19.9 Å². The Morgan fingerprint density at radius 3 is 1.21 bits per heavy atom. The second kappa shape index (κ2) is 20.5. The summed E-state index contributed by atoms with van der Waals surface area (Å²) in [5.41, 5.74) is 16.2. The summed E-state index contributed by atoms with van der Waals surface area (Å²) in [6.07, 6.45) is 5.29. The third kappa shape index (κ3) is 8.33. The van der Waals surface area contributed by atoms with Crippen LogP contribution in [0, 0.1) is 0 Å². The second-order valence-electron chi connectivity index (χ2n) is 22.0. The van der Waals surface area contributed by atoms with Gasteiger partial charge in [0.1, 0.15) is 12.7 Å². The second-order valence-corrected chi connectivity index (χ2v) is 24.1. The lowest BCUT2D eigenvalue weighted by Gasteiger charge is -2.13. The lowest BCUT2D eigenvalue weighted by Crippen LogP contribution is -1.93. The van der Waals surface area contributed by atoms with Gasteiger partial charge >= 0.3 is 0 Å². The number of hydrogen-bond donors (Lipinski definition) is 0. The lowest BCUT2D eigenvalue weighted by molar-refractivity contribution is 1.23. The van der Waals surface area contributed by atoms with Gasteiger partial charge in [0.2, 0.25) is 0 Å². The molecule has 0 radical (unpaired) electrons. The van der Waals surface area contributed by atoms with Crippen molar-refractivity contribution in [3.63, 3.8) is 0 Å². The van der Waals surface area contributed by atoms with Gasteiger partial charge < -0.3 is 0 Å². The molecule has 18 aromatic rings. The number of rotatable bonds is 6. The van der Waals surface area contributed by atoms with E-state index in [1.165, 1.54) is 128 Å². The number of hydrogen-bond acceptors (Lipinski definition) is 6. The highest BCUT2D eigenvalue weighted by Crippen LogP contribution is 2.45. The fourth-order valence-electron chi connectivity index (χ4n) is 13.2. The van der Waals surface area contributed by atoms with E-state index in [4.69, 9.17) is 15.0 Å². The molecular formula is C80H48N4S2. The first kappa shape index (κ1) is 49.8. The topological polar surface area (TPSA) is 51.6 Å². The molecule has 0 aliphatic carbocycles. The third-order valence-corrected chi connectivity index (χ3v) is 19.6. The van der Waals surface area contributed by atoms with Crippen LogP contribution < -0.4 is 0 Å². The van der Waals surface area contributed by atoms with E-state index in [-0.39, 0.29) is 0 Å². The van der Waals surface area contributed by atoms with Crippen LogP contribution in [0.15, 0.2) is 292 Å². The molecule has 0 aliphatic rings. The summed E-state index contributed by atoms with van der Waals surface area (Å²) in [7, 11) is 0. The summed E-state index contributed by atoms with van der Waals surface area (Å²) in [5.74, 6) is 0. The number of nitrogens with zero attached hydrogens (tertiary/aromatic N) is 4. The van der Waals surface area contributed by atoms with Crippen LogP contribution in [0.2, 0.25) is 0 Å². The summed E-state index contributed by atoms with van der Waals surface area (Å²) in [4.78, 5) is 18.7. The molecular weight excluding hydrogens is 1080 g/mol. The van der Waals surface area contributed by atoms with Crippen molar-refractivity contribution in [3.8, 4) is 66.9 Å². The Hall–Kier alpha value is -10.8. The number of benzene rings is 14. The zero-order chi connectivity index (χ0) is 56.7. The molecule has 0 saturated carbocycles. The van der Waals surface area contributed by atoms with E-state index in [2.05, 4.69) is 278 Å². The molecule has 4 aromatic heterocycles. The van der Waals surface area contributed by atoms with E-state index in [1.54, 1.807) is 12.7 Å². The summed E-state index contributed by atoms with van der Waals surface area (Å²) < 4.78 is 5.33. The third-order valence-electron chi connectivity index (χ3n) is 17.2. The van der Waals surface area contributed by atoms with Crippen LogP contribution in [-0.2, 0) is 0 Å². The van der Waals surface area contributed by atoms with E-state index in [0.717, 1.165) is 43.8 Å². The van der Waals surface area contributed by atoms with Gasteiger partial charge in [0.15, 0.2) is 0 Å². The van der Waals surface area contributed by atoms with E-state index in [9.17, 15) is 0 Å². The zero-order valence-corrected chi connectivity index (χ0v) is 48.0. The molecule has 4 heterocycles. The van der Waals surface area contributed by atoms with E-state index in [0.29, 0.717) is 0 Å². The zero-order valence-electron chi connectivity index (χ0n) is 46.3. The molecule has 6 heteroatoms. The molecule has 86 heavy (non-hydrogen) atoms. The number of fused-ring (bicyclic) bond motifs is 18. The molecule has 4 nitrogen and oxygen atoms in total. The molecule has 0 saturated heterocycles. The van der Waals surface area contributed by atoms with Gasteiger partial charge in [-0.15, -0.1) is 22.7 Å². The first-order valence-corrected chi connectivity index (χ1v) is 30.6. The molecule has 400 valence electrons. The monoisotopic (exact) mass is 1130 g/mol. The summed E-state index contributed by atoms with van der Waals surface area (Å²) in [6, 6.07) is 98.7. The maximum Gasteiger partial charge on any atom is 0.116 e. The van der Waals surface area contributed by atoms with E-state index < -0.39 is 0 Å². The minimum atomic E-state index is 0.958. The highest BCUT2D eigenvalue weighted by atomic mass is 32.1. The van der Waals surface area contributed by atoms with Crippen molar-refractivity contribution in [1.82, 2.24) is 19.9 Å². The summed E-state index contributed by atoms with van der Waals surface area (Å²) >= 11 is 3.75. The molecule has 0 spiro atoms. The molecule has 0 bridgehead atoms. The highest BCUT2D eigenvalue weighted by Gasteiger charge is 2.18. The van der Waals surface area contributed by atoms with Crippen LogP contribution in [0.1, 0.15) is 0 Å². The quantitative estimate of drug-likeness (QED) is 0.156. The maximum atomic E-state index is 4.88. The Morgan fingerprint density at radius 2 is 0.628 bits per heavy atom. The van der Waals surface area contributed by atoms with Gasteiger partial charge in [0.05, 0.1) is 16.7 Å². The molecule has 0 amide bonds. The van der Waals surface area contributed by atoms with Crippen LogP contribution in [0.25, 0.3) is 172 Å². The van der Waals surface area contributed by atoms with Crippen LogP contribution in [-0.4, -0.2) is 19.9 Å². The number of aromatic nitrogens is 4. The average Bonchev–Trinajstić information content (AvgIpc) is 2.33. The standard InChI is InChI=1S/2C40H24N2S/c1-3-17-33-30(14-1)31-15-2-4-18-34(31)39-37(33)38(41-24-42-39)28-13-8-11-26(23-28)25-10-7-12-27(22-25)29-19-9-20-35-32-16-5-6-21-36(32)43-40(29)35;1-2-13-32-31(12-1)33-19-18-28(22-36(33)39-37(32)23-41-24-42-39)26-9-5-8-25(20-26)27-10-6-11-29(21-27)30-15-7-16-35-34-14-3-4-17-38(34)43-40(30)35/h2*1-24H.